The van der Waals surface area contributed by atoms with Gasteiger partial charge >= 0.3 is 119 Å². The van der Waals surface area contributed by atoms with Crippen LogP contribution in [0.1, 0.15) is 25.7 Å². The van der Waals surface area contributed by atoms with E-state index in [9.17, 15) is 0 Å². The summed E-state index contributed by atoms with van der Waals surface area (Å²) in [6, 6.07) is 0. The summed E-state index contributed by atoms with van der Waals surface area (Å²) in [5.74, 6) is 0. The normalized spacial score (nSPS) is 30.0. The maximum absolute atomic E-state index is 1.82. The predicted molar refractivity (Wildman–Crippen MR) is 46.9 cm³/mol. The SMILES string of the molecule is [Sn][C]1([Sn])CCCC[C]1([Sn])[Sn]. The molecule has 0 spiro atoms. The van der Waals surface area contributed by atoms with Gasteiger partial charge in [-0.05, 0) is 0 Å². The first-order valence-electron chi connectivity index (χ1n) is 3.46. The summed E-state index contributed by atoms with van der Waals surface area (Å²) in [6.07, 6.45) is 6.11. The Bertz CT molecular complexity index is 114. The zero-order valence-corrected chi connectivity index (χ0v) is 17.2. The van der Waals surface area contributed by atoms with Crippen molar-refractivity contribution in [3.05, 3.63) is 0 Å². The first-order chi connectivity index (χ1) is 4.46. The molecular formula is C6H8Sn4. The quantitative estimate of drug-likeness (QED) is 0.382. The Morgan fingerprint density at radius 3 is 1.20 bits per heavy atom. The molecule has 1 saturated carbocycles. The van der Waals surface area contributed by atoms with Crippen molar-refractivity contribution in [3.63, 3.8) is 0 Å². The Morgan fingerprint density at radius 2 is 1.00 bits per heavy atom. The second-order valence-electron chi connectivity index (χ2n) is 3.02. The number of hydrogen-bond acceptors (Lipinski definition) is 0. The molecular weight excluding hydrogens is 547 g/mol. The van der Waals surface area contributed by atoms with Crippen LogP contribution in [0.5, 0.6) is 0 Å². The van der Waals surface area contributed by atoms with Gasteiger partial charge in [-0.1, -0.05) is 0 Å². The molecule has 4 heteroatoms. The molecule has 0 N–H and O–H groups in total. The van der Waals surface area contributed by atoms with Crippen molar-refractivity contribution in [1.29, 1.82) is 0 Å². The summed E-state index contributed by atoms with van der Waals surface area (Å²) in [5, 5.41) is 0. The van der Waals surface area contributed by atoms with Gasteiger partial charge < -0.3 is 0 Å². The van der Waals surface area contributed by atoms with E-state index in [0.717, 1.165) is 2.89 Å². The maximum atomic E-state index is 1.82. The van der Waals surface area contributed by atoms with Crippen LogP contribution in [-0.2, 0) is 0 Å². The molecule has 0 heterocycles. The minimum atomic E-state index is 0.835. The van der Waals surface area contributed by atoms with E-state index in [1.807, 2.05) is 90.1 Å². The number of rotatable bonds is 0. The zero-order chi connectivity index (χ0) is 7.83. The average molecular weight is 555 g/mol. The monoisotopic (exact) mass is 560 g/mol. The topological polar surface area (TPSA) is 0 Å². The van der Waals surface area contributed by atoms with Crippen molar-refractivity contribution in [2.75, 3.05) is 0 Å². The summed E-state index contributed by atoms with van der Waals surface area (Å²) < 4.78 is 1.67. The molecule has 1 aliphatic carbocycles. The molecule has 10 heavy (non-hydrogen) atoms. The van der Waals surface area contributed by atoms with Gasteiger partial charge in [0.25, 0.3) is 0 Å². The van der Waals surface area contributed by atoms with Crippen molar-refractivity contribution in [3.8, 4) is 0 Å². The molecule has 0 amide bonds. The summed E-state index contributed by atoms with van der Waals surface area (Å²) in [5.41, 5.74) is 0. The Labute approximate surface area is 116 Å². The van der Waals surface area contributed by atoms with Crippen LogP contribution in [0.4, 0.5) is 0 Å². The molecule has 0 nitrogen and oxygen atoms in total. The fraction of sp³-hybridized carbons (Fsp3) is 1.00. The molecule has 1 fully saturated rings. The molecule has 1 rings (SSSR count). The van der Waals surface area contributed by atoms with Crippen LogP contribution in [0.25, 0.3) is 0 Å². The van der Waals surface area contributed by atoms with Gasteiger partial charge in [-0.3, -0.25) is 0 Å². The molecule has 0 aromatic rings. The van der Waals surface area contributed by atoms with E-state index in [4.69, 9.17) is 0 Å². The standard InChI is InChI=1S/C6H8.4Sn/c1-2-4-6-5-3-1;;;;/h1-4H2;;;;. The molecule has 0 aromatic heterocycles. The van der Waals surface area contributed by atoms with E-state index >= 15 is 0 Å². The van der Waals surface area contributed by atoms with Crippen LogP contribution in [0, 0.1) is 0 Å². The Hall–Kier alpha value is 3.19. The van der Waals surface area contributed by atoms with Gasteiger partial charge in [-0.15, -0.1) is 0 Å². The Balaban J connectivity index is 2.70. The van der Waals surface area contributed by atoms with Gasteiger partial charge in [0, 0.05) is 0 Å². The van der Waals surface area contributed by atoms with E-state index in [2.05, 4.69) is 0 Å². The molecule has 48 valence electrons. The fourth-order valence-electron chi connectivity index (χ4n) is 1.21. The van der Waals surface area contributed by atoms with Crippen molar-refractivity contribution in [2.45, 2.75) is 28.6 Å². The first kappa shape index (κ1) is 11.3. The van der Waals surface area contributed by atoms with Crippen molar-refractivity contribution >= 4 is 90.1 Å². The van der Waals surface area contributed by atoms with E-state index in [1.165, 1.54) is 12.8 Å². The summed E-state index contributed by atoms with van der Waals surface area (Å²) >= 11 is 7.28. The van der Waals surface area contributed by atoms with Crippen LogP contribution < -0.4 is 0 Å². The second kappa shape index (κ2) is 4.15. The first-order valence-corrected chi connectivity index (χ1v) is 9.17. The summed E-state index contributed by atoms with van der Waals surface area (Å²) in [6.45, 7) is 0. The van der Waals surface area contributed by atoms with Crippen LogP contribution >= 0.6 is 0 Å². The van der Waals surface area contributed by atoms with Crippen LogP contribution in [0.2, 0.25) is 2.89 Å². The average Bonchev–Trinajstić information content (AvgIpc) is 1.77. The van der Waals surface area contributed by atoms with Crippen molar-refractivity contribution in [2.24, 2.45) is 0 Å². The van der Waals surface area contributed by atoms with Crippen LogP contribution in [0.15, 0.2) is 0 Å². The predicted octanol–water partition coefficient (Wildman–Crippen LogP) is 0.467. The molecule has 1 aliphatic rings. The number of hydrogen-bond donors (Lipinski definition) is 0. The van der Waals surface area contributed by atoms with Gasteiger partial charge in [-0.25, -0.2) is 0 Å². The van der Waals surface area contributed by atoms with Gasteiger partial charge in [-0.2, -0.15) is 0 Å². The van der Waals surface area contributed by atoms with E-state index < -0.39 is 0 Å². The summed E-state index contributed by atoms with van der Waals surface area (Å²) in [4.78, 5) is 0. The molecule has 0 unspecified atom stereocenters. The van der Waals surface area contributed by atoms with E-state index in [-0.39, 0.29) is 0 Å². The zero-order valence-electron chi connectivity index (χ0n) is 5.83. The van der Waals surface area contributed by atoms with E-state index in [1.54, 1.807) is 12.8 Å². The van der Waals surface area contributed by atoms with Crippen molar-refractivity contribution < 1.29 is 0 Å². The third-order valence-corrected chi connectivity index (χ3v) is 18.0. The van der Waals surface area contributed by atoms with Crippen molar-refractivity contribution in [1.82, 2.24) is 0 Å². The Morgan fingerprint density at radius 1 is 0.700 bits per heavy atom. The molecule has 0 aromatic carbocycles. The molecule has 0 saturated heterocycles. The minimum absolute atomic E-state index is 0.835. The van der Waals surface area contributed by atoms with Crippen LogP contribution in [-0.4, -0.2) is 90.1 Å². The van der Waals surface area contributed by atoms with Gasteiger partial charge in [0.15, 0.2) is 0 Å². The van der Waals surface area contributed by atoms with Gasteiger partial charge in [0.05, 0.1) is 0 Å². The Kier molecular flexibility index (Phi) is 4.68. The second-order valence-corrected chi connectivity index (χ2v) is 20.9. The summed E-state index contributed by atoms with van der Waals surface area (Å²) in [7, 11) is 0. The third-order valence-electron chi connectivity index (χ3n) is 2.08. The van der Waals surface area contributed by atoms with Gasteiger partial charge in [0.2, 0.25) is 0 Å². The fourth-order valence-corrected chi connectivity index (χ4v) is 4.65. The van der Waals surface area contributed by atoms with Gasteiger partial charge in [0.1, 0.15) is 0 Å². The molecule has 12 radical (unpaired) electrons. The third kappa shape index (κ3) is 2.59. The van der Waals surface area contributed by atoms with Crippen LogP contribution in [0.3, 0.4) is 0 Å². The molecule has 0 bridgehead atoms. The molecule has 0 aliphatic heterocycles. The van der Waals surface area contributed by atoms with E-state index in [0.29, 0.717) is 0 Å². The molecule has 0 atom stereocenters.